The van der Waals surface area contributed by atoms with Crippen molar-refractivity contribution >= 4 is 34.8 Å². The fourth-order valence-electron chi connectivity index (χ4n) is 1.78. The SMILES string of the molecule is CCOC(C)=NO.CCOC(C)=NOc1ccc([N+](=O)[O-])cc1.O=[N+]([O-])c1ccc(Cl)cc1.[Na+].[OH-]. The van der Waals surface area contributed by atoms with Crippen LogP contribution in [-0.4, -0.2) is 45.5 Å². The quantitative estimate of drug-likeness (QED) is 0.147. The number of hydrogen-bond acceptors (Lipinski definition) is 11. The number of benzene rings is 2. The maximum atomic E-state index is 10.4. The van der Waals surface area contributed by atoms with Gasteiger partial charge in [0.05, 0.1) is 23.1 Å². The third-order valence-corrected chi connectivity index (χ3v) is 3.46. The minimum absolute atomic E-state index is 0. The van der Waals surface area contributed by atoms with Crippen LogP contribution in [0.2, 0.25) is 5.02 Å². The van der Waals surface area contributed by atoms with Gasteiger partial charge in [0.1, 0.15) is 0 Å². The largest absolute Gasteiger partial charge is 1.00 e. The standard InChI is InChI=1S/C10H12N2O4.C6H4ClNO2.C4H9NO2.Na.H2O/c1-3-15-8(2)11-16-10-6-4-9(5-7-10)12(13)14;7-5-1-3-6(4-2-5)8(9)10;1-3-7-4(2)5-6;;/h4-7H,3H2,1-2H3;1-4H;6H,3H2,1-2H3;;1H2/q;;;+1;/p-1. The summed E-state index contributed by atoms with van der Waals surface area (Å²) in [6.07, 6.45) is 0. The molecule has 35 heavy (non-hydrogen) atoms. The molecule has 0 saturated carbocycles. The van der Waals surface area contributed by atoms with E-state index < -0.39 is 9.85 Å². The maximum Gasteiger partial charge on any atom is 1.00 e. The van der Waals surface area contributed by atoms with E-state index >= 15 is 0 Å². The second kappa shape index (κ2) is 21.6. The molecule has 0 fully saturated rings. The molecule has 0 aliphatic carbocycles. The van der Waals surface area contributed by atoms with E-state index in [2.05, 4.69) is 10.3 Å². The van der Waals surface area contributed by atoms with Crippen LogP contribution in [0.25, 0.3) is 0 Å². The van der Waals surface area contributed by atoms with Gasteiger partial charge in [-0.2, -0.15) is 0 Å². The zero-order valence-electron chi connectivity index (χ0n) is 20.0. The third kappa shape index (κ3) is 18.1. The van der Waals surface area contributed by atoms with Crippen molar-refractivity contribution in [1.29, 1.82) is 0 Å². The van der Waals surface area contributed by atoms with Crippen molar-refractivity contribution in [2.75, 3.05) is 13.2 Å². The van der Waals surface area contributed by atoms with Crippen LogP contribution in [0.1, 0.15) is 27.7 Å². The number of non-ortho nitro benzene ring substituents is 2. The van der Waals surface area contributed by atoms with Gasteiger partial charge in [-0.3, -0.25) is 20.2 Å². The van der Waals surface area contributed by atoms with Crippen molar-refractivity contribution in [3.8, 4) is 5.75 Å². The molecule has 2 aromatic carbocycles. The molecule has 0 saturated heterocycles. The Morgan fingerprint density at radius 1 is 0.886 bits per heavy atom. The van der Waals surface area contributed by atoms with Crippen molar-refractivity contribution in [2.24, 2.45) is 10.3 Å². The maximum absolute atomic E-state index is 10.4. The number of nitro groups is 2. The Morgan fingerprint density at radius 2 is 1.29 bits per heavy atom. The van der Waals surface area contributed by atoms with Crippen molar-refractivity contribution in [1.82, 2.24) is 0 Å². The smallest absolute Gasteiger partial charge is 0.870 e. The second-order valence-corrected chi connectivity index (χ2v) is 6.11. The molecule has 0 unspecified atom stereocenters. The molecule has 2 N–H and O–H groups in total. The Balaban J connectivity index is -0.000000466. The molecule has 0 aliphatic heterocycles. The van der Waals surface area contributed by atoms with Crippen LogP contribution < -0.4 is 34.4 Å². The summed E-state index contributed by atoms with van der Waals surface area (Å²) in [7, 11) is 0. The Morgan fingerprint density at radius 3 is 1.63 bits per heavy atom. The summed E-state index contributed by atoms with van der Waals surface area (Å²) in [5.74, 6) is 1.13. The Bertz CT molecular complexity index is 927. The normalized spacial score (nSPS) is 9.97. The summed E-state index contributed by atoms with van der Waals surface area (Å²) in [6, 6.07) is 11.3. The number of nitro benzene ring substituents is 2. The van der Waals surface area contributed by atoms with Crippen LogP contribution in [0.5, 0.6) is 5.75 Å². The van der Waals surface area contributed by atoms with Crippen LogP contribution in [-0.2, 0) is 9.47 Å². The molecule has 0 heterocycles. The minimum atomic E-state index is -0.474. The van der Waals surface area contributed by atoms with Gasteiger partial charge in [0, 0.05) is 43.1 Å². The average Bonchev–Trinajstić information content (AvgIpc) is 2.79. The molecule has 2 rings (SSSR count). The topological polar surface area (TPSA) is 189 Å². The first-order valence-electron chi connectivity index (χ1n) is 9.44. The molecule has 15 heteroatoms. The van der Waals surface area contributed by atoms with Crippen molar-refractivity contribution in [3.05, 3.63) is 73.8 Å². The first kappa shape index (κ1) is 36.6. The molecule has 188 valence electrons. The summed E-state index contributed by atoms with van der Waals surface area (Å²) in [4.78, 5) is 24.5. The number of hydrogen-bond donors (Lipinski definition) is 1. The van der Waals surface area contributed by atoms with Gasteiger partial charge in [0.2, 0.25) is 11.8 Å². The fourth-order valence-corrected chi connectivity index (χ4v) is 1.91. The molecule has 0 spiro atoms. The Labute approximate surface area is 229 Å². The summed E-state index contributed by atoms with van der Waals surface area (Å²) < 4.78 is 9.73. The van der Waals surface area contributed by atoms with Gasteiger partial charge in [0.25, 0.3) is 11.4 Å². The van der Waals surface area contributed by atoms with E-state index in [9.17, 15) is 20.2 Å². The summed E-state index contributed by atoms with van der Waals surface area (Å²) >= 11 is 5.49. The van der Waals surface area contributed by atoms with E-state index in [4.69, 9.17) is 31.1 Å². The van der Waals surface area contributed by atoms with Gasteiger partial charge in [-0.05, 0) is 43.3 Å². The van der Waals surface area contributed by atoms with Crippen molar-refractivity contribution in [2.45, 2.75) is 27.7 Å². The predicted molar refractivity (Wildman–Crippen MR) is 125 cm³/mol. The number of oxime groups is 2. The molecular formula is C20H26ClN4NaO9. The first-order valence-corrected chi connectivity index (χ1v) is 9.82. The van der Waals surface area contributed by atoms with E-state index in [-0.39, 0.29) is 46.4 Å². The molecular weight excluding hydrogens is 499 g/mol. The van der Waals surface area contributed by atoms with Gasteiger partial charge in [-0.1, -0.05) is 16.8 Å². The number of rotatable bonds is 6. The van der Waals surface area contributed by atoms with Crippen molar-refractivity contribution < 1.29 is 64.4 Å². The second-order valence-electron chi connectivity index (χ2n) is 5.67. The third-order valence-electron chi connectivity index (χ3n) is 3.21. The van der Waals surface area contributed by atoms with E-state index in [1.807, 2.05) is 13.8 Å². The van der Waals surface area contributed by atoms with Crippen LogP contribution >= 0.6 is 11.6 Å². The van der Waals surface area contributed by atoms with Crippen LogP contribution in [0.15, 0.2) is 58.8 Å². The predicted octanol–water partition coefficient (Wildman–Crippen LogP) is 2.25. The van der Waals surface area contributed by atoms with Gasteiger partial charge < -0.3 is 25.0 Å². The molecule has 0 amide bonds. The summed E-state index contributed by atoms with van der Waals surface area (Å²) in [5.41, 5.74) is 0.0715. The van der Waals surface area contributed by atoms with Crippen molar-refractivity contribution in [3.63, 3.8) is 0 Å². The van der Waals surface area contributed by atoms with E-state index in [0.29, 0.717) is 35.8 Å². The molecule has 0 radical (unpaired) electrons. The van der Waals surface area contributed by atoms with Crippen LogP contribution in [0.3, 0.4) is 0 Å². The van der Waals surface area contributed by atoms with E-state index in [0.717, 1.165) is 0 Å². The van der Waals surface area contributed by atoms with Gasteiger partial charge >= 0.3 is 29.6 Å². The van der Waals surface area contributed by atoms with Crippen LogP contribution in [0.4, 0.5) is 11.4 Å². The zero-order valence-corrected chi connectivity index (χ0v) is 22.7. The van der Waals surface area contributed by atoms with Gasteiger partial charge in [0.15, 0.2) is 5.75 Å². The molecule has 13 nitrogen and oxygen atoms in total. The molecule has 0 aromatic heterocycles. The minimum Gasteiger partial charge on any atom is -0.870 e. The molecule has 2 aromatic rings. The molecule has 0 bridgehead atoms. The van der Waals surface area contributed by atoms with E-state index in [1.54, 1.807) is 13.8 Å². The van der Waals surface area contributed by atoms with E-state index in [1.165, 1.54) is 48.5 Å². The van der Waals surface area contributed by atoms with Gasteiger partial charge in [-0.25, -0.2) is 0 Å². The molecule has 0 atom stereocenters. The monoisotopic (exact) mass is 524 g/mol. The molecule has 0 aliphatic rings. The average molecular weight is 525 g/mol. The Hall–Kier alpha value is -2.97. The van der Waals surface area contributed by atoms with Crippen LogP contribution in [0, 0.1) is 20.2 Å². The fraction of sp³-hybridized carbons (Fsp3) is 0.300. The summed E-state index contributed by atoms with van der Waals surface area (Å²) in [6.45, 7) is 7.98. The number of ether oxygens (including phenoxy) is 2. The van der Waals surface area contributed by atoms with Gasteiger partial charge in [-0.15, -0.1) is 0 Å². The first-order chi connectivity index (χ1) is 15.6. The number of nitrogens with zero attached hydrogens (tertiary/aromatic N) is 4. The Kier molecular flexibility index (Phi) is 22.5. The number of halogens is 1. The zero-order chi connectivity index (χ0) is 25.2. The summed E-state index contributed by atoms with van der Waals surface area (Å²) in [5, 5.41) is 35.3.